The van der Waals surface area contributed by atoms with E-state index in [-0.39, 0.29) is 5.41 Å². The van der Waals surface area contributed by atoms with E-state index < -0.39 is 0 Å². The Morgan fingerprint density at radius 1 is 1.52 bits per heavy atom. The fourth-order valence-electron chi connectivity index (χ4n) is 3.53. The maximum atomic E-state index is 6.10. The Bertz CT molecular complexity index is 460. The Hall–Kier alpha value is -0.980. The van der Waals surface area contributed by atoms with Crippen molar-refractivity contribution in [1.82, 2.24) is 20.3 Å². The highest BCUT2D eigenvalue weighted by Crippen LogP contribution is 2.49. The van der Waals surface area contributed by atoms with Crippen LogP contribution in [0.2, 0.25) is 0 Å². The average molecular weight is 294 g/mol. The van der Waals surface area contributed by atoms with E-state index >= 15 is 0 Å². The molecule has 0 aromatic carbocycles. The number of hydrogen-bond donors (Lipinski definition) is 1. The van der Waals surface area contributed by atoms with Gasteiger partial charge in [-0.05, 0) is 25.2 Å². The predicted octanol–water partition coefficient (Wildman–Crippen LogP) is 0.779. The topological polar surface area (TPSA) is 61.2 Å². The summed E-state index contributed by atoms with van der Waals surface area (Å²) in [6.45, 7) is 3.47. The van der Waals surface area contributed by atoms with Crippen LogP contribution in [0.15, 0.2) is 6.20 Å². The molecule has 2 atom stereocenters. The summed E-state index contributed by atoms with van der Waals surface area (Å²) in [4.78, 5) is 0. The van der Waals surface area contributed by atoms with E-state index in [0.717, 1.165) is 50.8 Å². The normalized spacial score (nSPS) is 29.1. The molecule has 2 unspecified atom stereocenters. The number of methoxy groups -OCH3 is 1. The third kappa shape index (κ3) is 3.44. The lowest BCUT2D eigenvalue weighted by atomic mass is 9.75. The van der Waals surface area contributed by atoms with Crippen LogP contribution < -0.4 is 5.32 Å². The van der Waals surface area contributed by atoms with E-state index in [4.69, 9.17) is 9.47 Å². The van der Waals surface area contributed by atoms with Crippen molar-refractivity contribution in [3.63, 3.8) is 0 Å². The van der Waals surface area contributed by atoms with Crippen LogP contribution >= 0.6 is 0 Å². The van der Waals surface area contributed by atoms with Crippen molar-refractivity contribution in [2.75, 3.05) is 33.4 Å². The molecule has 6 nitrogen and oxygen atoms in total. The number of aryl methyl sites for hydroxylation is 1. The predicted molar refractivity (Wildman–Crippen MR) is 79.0 cm³/mol. The first-order valence-electron chi connectivity index (χ1n) is 7.90. The van der Waals surface area contributed by atoms with Gasteiger partial charge in [0.05, 0.1) is 18.4 Å². The first-order valence-corrected chi connectivity index (χ1v) is 7.90. The molecule has 2 fully saturated rings. The fraction of sp³-hybridized carbons (Fsp3) is 0.867. The monoisotopic (exact) mass is 294 g/mol. The quantitative estimate of drug-likeness (QED) is 0.718. The number of nitrogens with zero attached hydrogens (tertiary/aromatic N) is 3. The summed E-state index contributed by atoms with van der Waals surface area (Å²) in [5.41, 5.74) is 1.23. The molecule has 1 saturated heterocycles. The highest BCUT2D eigenvalue weighted by Gasteiger charge is 2.50. The van der Waals surface area contributed by atoms with E-state index in [1.165, 1.54) is 12.8 Å². The molecular weight excluding hydrogens is 268 g/mol. The van der Waals surface area contributed by atoms with Gasteiger partial charge in [-0.2, -0.15) is 0 Å². The molecule has 1 aliphatic carbocycles. The number of hydrogen-bond acceptors (Lipinski definition) is 5. The van der Waals surface area contributed by atoms with Crippen LogP contribution in [0.1, 0.15) is 25.0 Å². The van der Waals surface area contributed by atoms with Gasteiger partial charge in [0.25, 0.3) is 0 Å². The maximum Gasteiger partial charge on any atom is 0.0834 e. The van der Waals surface area contributed by atoms with Crippen molar-refractivity contribution in [2.24, 2.45) is 18.4 Å². The molecule has 1 N–H and O–H groups in total. The van der Waals surface area contributed by atoms with Gasteiger partial charge in [0.15, 0.2) is 0 Å². The molecule has 0 spiro atoms. The lowest BCUT2D eigenvalue weighted by molar-refractivity contribution is 0.0295. The molecule has 0 bridgehead atoms. The van der Waals surface area contributed by atoms with Crippen LogP contribution in [0, 0.1) is 11.3 Å². The molecule has 2 aliphatic rings. The summed E-state index contributed by atoms with van der Waals surface area (Å²) in [7, 11) is 3.66. The Morgan fingerprint density at radius 2 is 2.38 bits per heavy atom. The molecule has 21 heavy (non-hydrogen) atoms. The third-order valence-corrected chi connectivity index (χ3v) is 4.69. The molecular formula is C15H26N4O2. The van der Waals surface area contributed by atoms with Crippen LogP contribution in [0.25, 0.3) is 0 Å². The van der Waals surface area contributed by atoms with Crippen LogP contribution in [-0.4, -0.2) is 54.5 Å². The number of rotatable bonds is 8. The lowest BCUT2D eigenvalue weighted by Gasteiger charge is -2.34. The minimum absolute atomic E-state index is 0.158. The van der Waals surface area contributed by atoms with Crippen molar-refractivity contribution in [3.05, 3.63) is 11.9 Å². The van der Waals surface area contributed by atoms with Crippen molar-refractivity contribution >= 4 is 0 Å². The zero-order valence-electron chi connectivity index (χ0n) is 13.0. The van der Waals surface area contributed by atoms with Gasteiger partial charge in [-0.3, -0.25) is 4.68 Å². The van der Waals surface area contributed by atoms with Crippen LogP contribution in [0.5, 0.6) is 0 Å². The second-order valence-corrected chi connectivity index (χ2v) is 6.47. The van der Waals surface area contributed by atoms with E-state index in [1.807, 2.05) is 13.2 Å². The second kappa shape index (κ2) is 6.42. The van der Waals surface area contributed by atoms with Gasteiger partial charge in [-0.15, -0.1) is 5.10 Å². The van der Waals surface area contributed by atoms with E-state index in [9.17, 15) is 0 Å². The Labute approximate surface area is 126 Å². The van der Waals surface area contributed by atoms with Crippen molar-refractivity contribution < 1.29 is 9.47 Å². The molecule has 0 amide bonds. The zero-order chi connectivity index (χ0) is 14.7. The highest BCUT2D eigenvalue weighted by atomic mass is 16.5. The molecule has 6 heteroatoms. The second-order valence-electron chi connectivity index (χ2n) is 6.47. The molecule has 1 aromatic heterocycles. The van der Waals surface area contributed by atoms with Crippen LogP contribution in [-0.2, 0) is 22.9 Å². The smallest absolute Gasteiger partial charge is 0.0834 e. The maximum absolute atomic E-state index is 6.10. The summed E-state index contributed by atoms with van der Waals surface area (Å²) in [5.74, 6) is 0.744. The first-order chi connectivity index (χ1) is 10.2. The van der Waals surface area contributed by atoms with Crippen molar-refractivity contribution in [1.29, 1.82) is 0 Å². The van der Waals surface area contributed by atoms with Crippen LogP contribution in [0.3, 0.4) is 0 Å². The minimum Gasteiger partial charge on any atom is -0.383 e. The Kier molecular flexibility index (Phi) is 4.57. The largest absolute Gasteiger partial charge is 0.383 e. The number of ether oxygens (including phenoxy) is 2. The summed E-state index contributed by atoms with van der Waals surface area (Å²) in [6.07, 6.45) is 7.07. The minimum atomic E-state index is 0.158. The van der Waals surface area contributed by atoms with E-state index in [0.29, 0.717) is 6.10 Å². The summed E-state index contributed by atoms with van der Waals surface area (Å²) < 4.78 is 13.0. The zero-order valence-corrected chi connectivity index (χ0v) is 13.0. The number of nitrogens with one attached hydrogen (secondary N) is 1. The SMILES string of the molecule is COCCNCC1(Cc2cn(C)nn2)CCOC1C1CC1. The highest BCUT2D eigenvalue weighted by molar-refractivity contribution is 5.07. The standard InChI is InChI=1S/C15H26N4O2/c1-19-10-13(17-18-19)9-15(11-16-6-8-20-2)5-7-21-14(15)12-3-4-12/h10,12,14,16H,3-9,11H2,1-2H3. The van der Waals surface area contributed by atoms with Crippen LogP contribution in [0.4, 0.5) is 0 Å². The van der Waals surface area contributed by atoms with Gasteiger partial charge in [-0.1, -0.05) is 5.21 Å². The molecule has 3 rings (SSSR count). The van der Waals surface area contributed by atoms with Gasteiger partial charge in [0.1, 0.15) is 0 Å². The Morgan fingerprint density at radius 3 is 3.05 bits per heavy atom. The first kappa shape index (κ1) is 14.9. The van der Waals surface area contributed by atoms with Gasteiger partial charge in [-0.25, -0.2) is 0 Å². The van der Waals surface area contributed by atoms with Gasteiger partial charge in [0.2, 0.25) is 0 Å². The van der Waals surface area contributed by atoms with Gasteiger partial charge in [0, 0.05) is 51.9 Å². The molecule has 1 aliphatic heterocycles. The molecule has 1 saturated carbocycles. The van der Waals surface area contributed by atoms with Crippen molar-refractivity contribution in [2.45, 2.75) is 31.8 Å². The van der Waals surface area contributed by atoms with E-state index in [2.05, 4.69) is 15.6 Å². The average Bonchev–Trinajstić information content (AvgIpc) is 3.11. The van der Waals surface area contributed by atoms with E-state index in [1.54, 1.807) is 11.8 Å². The lowest BCUT2D eigenvalue weighted by Crippen LogP contribution is -2.44. The number of aromatic nitrogens is 3. The summed E-state index contributed by atoms with van der Waals surface area (Å²) >= 11 is 0. The molecule has 118 valence electrons. The third-order valence-electron chi connectivity index (χ3n) is 4.69. The molecule has 0 radical (unpaired) electrons. The Balaban J connectivity index is 1.70. The summed E-state index contributed by atoms with van der Waals surface area (Å²) in [6, 6.07) is 0. The summed E-state index contributed by atoms with van der Waals surface area (Å²) in [5, 5.41) is 11.9. The molecule has 1 aromatic rings. The fourth-order valence-corrected chi connectivity index (χ4v) is 3.53. The molecule has 2 heterocycles. The van der Waals surface area contributed by atoms with Gasteiger partial charge < -0.3 is 14.8 Å². The van der Waals surface area contributed by atoms with Gasteiger partial charge >= 0.3 is 0 Å². The van der Waals surface area contributed by atoms with Crippen molar-refractivity contribution in [3.8, 4) is 0 Å².